The molecular formula is C9H15N3O. The molecule has 0 aliphatic carbocycles. The molecular weight excluding hydrogens is 166 g/mol. The largest absolute Gasteiger partial charge is 0.387 e. The first-order valence-corrected chi connectivity index (χ1v) is 4.51. The minimum Gasteiger partial charge on any atom is -0.387 e. The van der Waals surface area contributed by atoms with E-state index in [1.54, 1.807) is 4.68 Å². The summed E-state index contributed by atoms with van der Waals surface area (Å²) in [6.45, 7) is 3.39. The lowest BCUT2D eigenvalue weighted by Gasteiger charge is -2.37. The molecule has 1 aliphatic rings. The van der Waals surface area contributed by atoms with Gasteiger partial charge < -0.3 is 10.4 Å². The minimum atomic E-state index is -0.556. The maximum absolute atomic E-state index is 9.89. The van der Waals surface area contributed by atoms with Gasteiger partial charge >= 0.3 is 0 Å². The van der Waals surface area contributed by atoms with Gasteiger partial charge in [-0.15, -0.1) is 0 Å². The zero-order chi connectivity index (χ0) is 9.47. The van der Waals surface area contributed by atoms with Gasteiger partial charge in [-0.05, 0) is 12.5 Å². The van der Waals surface area contributed by atoms with Gasteiger partial charge in [-0.1, -0.05) is 0 Å². The van der Waals surface area contributed by atoms with E-state index in [9.17, 15) is 5.11 Å². The number of rotatable bonds is 2. The highest BCUT2D eigenvalue weighted by atomic mass is 16.3. The molecule has 1 aliphatic heterocycles. The molecule has 0 radical (unpaired) electrons. The predicted octanol–water partition coefficient (Wildman–Crippen LogP) is -0.395. The van der Waals surface area contributed by atoms with Crippen molar-refractivity contribution < 1.29 is 5.11 Å². The highest BCUT2D eigenvalue weighted by Crippen LogP contribution is 2.18. The molecule has 0 saturated carbocycles. The molecule has 1 fully saturated rings. The summed E-state index contributed by atoms with van der Waals surface area (Å²) >= 11 is 0. The van der Waals surface area contributed by atoms with E-state index in [1.165, 1.54) is 0 Å². The molecule has 1 saturated heterocycles. The lowest BCUT2D eigenvalue weighted by atomic mass is 9.91. The molecule has 2 rings (SSSR count). The number of hydrogen-bond acceptors (Lipinski definition) is 3. The van der Waals surface area contributed by atoms with Crippen molar-refractivity contribution in [3.63, 3.8) is 0 Å². The van der Waals surface area contributed by atoms with Crippen molar-refractivity contribution in [2.24, 2.45) is 7.05 Å². The Labute approximate surface area is 77.6 Å². The minimum absolute atomic E-state index is 0.556. The molecule has 13 heavy (non-hydrogen) atoms. The first-order valence-electron chi connectivity index (χ1n) is 4.51. The zero-order valence-electron chi connectivity index (χ0n) is 8.04. The summed E-state index contributed by atoms with van der Waals surface area (Å²) in [5.41, 5.74) is 1.60. The average Bonchev–Trinajstić information content (AvgIpc) is 2.27. The van der Waals surface area contributed by atoms with Crippen LogP contribution in [0.3, 0.4) is 0 Å². The van der Waals surface area contributed by atoms with Crippen LogP contribution in [0.4, 0.5) is 0 Å². The van der Waals surface area contributed by atoms with Gasteiger partial charge in [-0.3, -0.25) is 4.68 Å². The van der Waals surface area contributed by atoms with Crippen LogP contribution in [0.2, 0.25) is 0 Å². The smallest absolute Gasteiger partial charge is 0.0950 e. The topological polar surface area (TPSA) is 50.1 Å². The molecule has 4 nitrogen and oxygen atoms in total. The number of aliphatic hydroxyl groups is 1. The van der Waals surface area contributed by atoms with Crippen LogP contribution in [0.25, 0.3) is 0 Å². The number of aromatic nitrogens is 2. The van der Waals surface area contributed by atoms with Gasteiger partial charge in [0.25, 0.3) is 0 Å². The standard InChI is InChI=1S/C9H15N3O/c1-7-4-12(2)11-8(7)3-9(13)5-10-6-9/h4,10,13H,3,5-6H2,1-2H3. The Morgan fingerprint density at radius 3 is 2.77 bits per heavy atom. The Morgan fingerprint density at radius 1 is 1.69 bits per heavy atom. The van der Waals surface area contributed by atoms with E-state index in [-0.39, 0.29) is 0 Å². The van der Waals surface area contributed by atoms with Gasteiger partial charge in [0.05, 0.1) is 11.3 Å². The predicted molar refractivity (Wildman–Crippen MR) is 49.5 cm³/mol. The van der Waals surface area contributed by atoms with Crippen molar-refractivity contribution in [2.75, 3.05) is 13.1 Å². The van der Waals surface area contributed by atoms with Crippen LogP contribution in [0.15, 0.2) is 6.20 Å². The molecule has 0 aromatic carbocycles. The van der Waals surface area contributed by atoms with Gasteiger partial charge in [0, 0.05) is 32.8 Å². The van der Waals surface area contributed by atoms with E-state index in [1.807, 2.05) is 20.2 Å². The maximum Gasteiger partial charge on any atom is 0.0950 e. The third kappa shape index (κ3) is 1.59. The Balaban J connectivity index is 2.12. The third-order valence-electron chi connectivity index (χ3n) is 2.52. The summed E-state index contributed by atoms with van der Waals surface area (Å²) in [6.07, 6.45) is 2.64. The summed E-state index contributed by atoms with van der Waals surface area (Å²) < 4.78 is 1.79. The quantitative estimate of drug-likeness (QED) is 0.653. The lowest BCUT2D eigenvalue weighted by Crippen LogP contribution is -2.60. The summed E-state index contributed by atoms with van der Waals surface area (Å²) in [6, 6.07) is 0. The Hall–Kier alpha value is -0.870. The number of hydrogen-bond donors (Lipinski definition) is 2. The van der Waals surface area contributed by atoms with Crippen molar-refractivity contribution >= 4 is 0 Å². The van der Waals surface area contributed by atoms with Gasteiger partial charge in [0.15, 0.2) is 0 Å². The number of aryl methyl sites for hydroxylation is 2. The molecule has 2 heterocycles. The van der Waals surface area contributed by atoms with Crippen LogP contribution in [-0.2, 0) is 13.5 Å². The first kappa shape index (κ1) is 8.72. The Kier molecular flexibility index (Phi) is 1.89. The number of β-amino-alcohol motifs (C(OH)–C–C–N with tert-alkyl or cyclic N) is 1. The lowest BCUT2D eigenvalue weighted by molar-refractivity contribution is -0.0100. The van der Waals surface area contributed by atoms with Crippen LogP contribution in [0.5, 0.6) is 0 Å². The first-order chi connectivity index (χ1) is 6.09. The molecule has 72 valence electrons. The Morgan fingerprint density at radius 2 is 2.38 bits per heavy atom. The molecule has 0 amide bonds. The van der Waals surface area contributed by atoms with Crippen LogP contribution in [0, 0.1) is 6.92 Å². The fraction of sp³-hybridized carbons (Fsp3) is 0.667. The van der Waals surface area contributed by atoms with Gasteiger partial charge in [0.1, 0.15) is 0 Å². The van der Waals surface area contributed by atoms with Crippen molar-refractivity contribution in [3.05, 3.63) is 17.5 Å². The molecule has 1 aromatic heterocycles. The molecule has 2 N–H and O–H groups in total. The third-order valence-corrected chi connectivity index (χ3v) is 2.52. The van der Waals surface area contributed by atoms with E-state index < -0.39 is 5.60 Å². The monoisotopic (exact) mass is 181 g/mol. The van der Waals surface area contributed by atoms with Crippen LogP contribution in [-0.4, -0.2) is 33.6 Å². The van der Waals surface area contributed by atoms with E-state index in [0.29, 0.717) is 19.5 Å². The highest BCUT2D eigenvalue weighted by molar-refractivity contribution is 5.18. The van der Waals surface area contributed by atoms with E-state index in [4.69, 9.17) is 0 Å². The van der Waals surface area contributed by atoms with Crippen molar-refractivity contribution in [2.45, 2.75) is 18.9 Å². The fourth-order valence-electron chi connectivity index (χ4n) is 1.68. The van der Waals surface area contributed by atoms with Crippen LogP contribution >= 0.6 is 0 Å². The maximum atomic E-state index is 9.89. The summed E-state index contributed by atoms with van der Waals surface area (Å²) in [7, 11) is 1.90. The summed E-state index contributed by atoms with van der Waals surface area (Å²) in [4.78, 5) is 0. The normalized spacial score (nSPS) is 19.9. The van der Waals surface area contributed by atoms with E-state index in [0.717, 1.165) is 11.3 Å². The summed E-state index contributed by atoms with van der Waals surface area (Å²) in [5.74, 6) is 0. The fourth-order valence-corrected chi connectivity index (χ4v) is 1.68. The molecule has 1 aromatic rings. The van der Waals surface area contributed by atoms with Crippen LogP contribution in [0.1, 0.15) is 11.3 Å². The molecule has 0 spiro atoms. The van der Waals surface area contributed by atoms with Crippen molar-refractivity contribution in [1.82, 2.24) is 15.1 Å². The molecule has 0 unspecified atom stereocenters. The number of nitrogens with zero attached hydrogens (tertiary/aromatic N) is 2. The second-order valence-corrected chi connectivity index (χ2v) is 3.94. The van der Waals surface area contributed by atoms with E-state index in [2.05, 4.69) is 10.4 Å². The molecule has 0 atom stereocenters. The van der Waals surface area contributed by atoms with Crippen LogP contribution < -0.4 is 5.32 Å². The van der Waals surface area contributed by atoms with Gasteiger partial charge in [0.2, 0.25) is 0 Å². The van der Waals surface area contributed by atoms with Gasteiger partial charge in [-0.25, -0.2) is 0 Å². The van der Waals surface area contributed by atoms with E-state index >= 15 is 0 Å². The van der Waals surface area contributed by atoms with Gasteiger partial charge in [-0.2, -0.15) is 5.10 Å². The van der Waals surface area contributed by atoms with Crippen molar-refractivity contribution in [1.29, 1.82) is 0 Å². The average molecular weight is 181 g/mol. The molecule has 0 bridgehead atoms. The highest BCUT2D eigenvalue weighted by Gasteiger charge is 2.35. The van der Waals surface area contributed by atoms with Crippen molar-refractivity contribution in [3.8, 4) is 0 Å². The SMILES string of the molecule is Cc1cn(C)nc1CC1(O)CNC1. The second kappa shape index (κ2) is 2.82. The molecule has 4 heteroatoms. The second-order valence-electron chi connectivity index (χ2n) is 3.94. The zero-order valence-corrected chi connectivity index (χ0v) is 8.04. The Bertz CT molecular complexity index is 315. The number of nitrogens with one attached hydrogen (secondary N) is 1. The summed E-state index contributed by atoms with van der Waals surface area (Å²) in [5, 5.41) is 17.3.